The van der Waals surface area contributed by atoms with E-state index in [1.165, 1.54) is 24.3 Å². The molecule has 3 aromatic carbocycles. The van der Waals surface area contributed by atoms with Crippen LogP contribution in [-0.4, -0.2) is 28.6 Å². The number of hydrogen-bond donors (Lipinski definition) is 1. The van der Waals surface area contributed by atoms with Crippen molar-refractivity contribution >= 4 is 52.2 Å². The summed E-state index contributed by atoms with van der Waals surface area (Å²) in [5, 5.41) is 2.60. The second-order valence-corrected chi connectivity index (χ2v) is 9.19. The van der Waals surface area contributed by atoms with Crippen molar-refractivity contribution in [1.29, 1.82) is 0 Å². The summed E-state index contributed by atoms with van der Waals surface area (Å²) >= 11 is 7.13. The van der Waals surface area contributed by atoms with E-state index in [0.717, 1.165) is 22.2 Å². The summed E-state index contributed by atoms with van der Waals surface area (Å²) in [4.78, 5) is 38.6. The number of imide groups is 1. The van der Waals surface area contributed by atoms with Gasteiger partial charge in [0.1, 0.15) is 11.6 Å². The topological polar surface area (TPSA) is 75.7 Å². The highest BCUT2D eigenvalue weighted by Gasteiger charge is 2.35. The van der Waals surface area contributed by atoms with E-state index in [9.17, 15) is 18.8 Å². The molecule has 0 bridgehead atoms. The molecule has 0 aromatic heterocycles. The first-order valence-corrected chi connectivity index (χ1v) is 11.8. The van der Waals surface area contributed by atoms with Crippen molar-refractivity contribution < 1.29 is 23.5 Å². The van der Waals surface area contributed by atoms with Crippen molar-refractivity contribution in [3.05, 3.63) is 99.2 Å². The SMILES string of the molecule is Cc1cccc(NC(=O)COc2ccc(/C=C3\SC(=O)N(Cc4ccc(F)cc4)C3=O)cc2Cl)c1. The minimum atomic E-state index is -0.436. The van der Waals surface area contributed by atoms with Gasteiger partial charge in [0, 0.05) is 5.69 Å². The third-order valence-corrected chi connectivity index (χ3v) is 6.24. The second kappa shape index (κ2) is 10.8. The zero-order valence-electron chi connectivity index (χ0n) is 18.6. The molecule has 1 N–H and O–H groups in total. The maximum absolute atomic E-state index is 13.1. The highest BCUT2D eigenvalue weighted by atomic mass is 35.5. The smallest absolute Gasteiger partial charge is 0.293 e. The van der Waals surface area contributed by atoms with Gasteiger partial charge in [-0.3, -0.25) is 19.3 Å². The molecule has 0 unspecified atom stereocenters. The largest absolute Gasteiger partial charge is 0.482 e. The van der Waals surface area contributed by atoms with Gasteiger partial charge in [0.15, 0.2) is 6.61 Å². The molecule has 0 atom stereocenters. The van der Waals surface area contributed by atoms with E-state index < -0.39 is 11.1 Å². The summed E-state index contributed by atoms with van der Waals surface area (Å²) in [6, 6.07) is 17.9. The molecule has 4 rings (SSSR count). The van der Waals surface area contributed by atoms with Crippen LogP contribution in [0.3, 0.4) is 0 Å². The Kier molecular flexibility index (Phi) is 7.53. The van der Waals surface area contributed by atoms with Crippen LogP contribution in [0.15, 0.2) is 71.6 Å². The summed E-state index contributed by atoms with van der Waals surface area (Å²) in [7, 11) is 0. The summed E-state index contributed by atoms with van der Waals surface area (Å²) in [5.74, 6) is -0.842. The molecule has 1 fully saturated rings. The maximum atomic E-state index is 13.1. The Morgan fingerprint density at radius 2 is 1.89 bits per heavy atom. The fourth-order valence-electron chi connectivity index (χ4n) is 3.35. The molecule has 178 valence electrons. The van der Waals surface area contributed by atoms with Crippen LogP contribution in [0.1, 0.15) is 16.7 Å². The Hall–Kier alpha value is -3.62. The normalized spacial score (nSPS) is 14.5. The highest BCUT2D eigenvalue weighted by molar-refractivity contribution is 8.18. The van der Waals surface area contributed by atoms with Crippen molar-refractivity contribution in [2.45, 2.75) is 13.5 Å². The number of nitrogens with zero attached hydrogens (tertiary/aromatic N) is 1. The van der Waals surface area contributed by atoms with E-state index >= 15 is 0 Å². The van der Waals surface area contributed by atoms with Crippen LogP contribution >= 0.6 is 23.4 Å². The molecule has 9 heteroatoms. The third-order valence-electron chi connectivity index (χ3n) is 5.04. The van der Waals surface area contributed by atoms with Crippen LogP contribution in [0.4, 0.5) is 14.9 Å². The number of aryl methyl sites for hydroxylation is 1. The lowest BCUT2D eigenvalue weighted by Gasteiger charge is -2.12. The van der Waals surface area contributed by atoms with Crippen LogP contribution < -0.4 is 10.1 Å². The molecule has 1 aliphatic rings. The summed E-state index contributed by atoms with van der Waals surface area (Å²) in [5.41, 5.74) is 2.94. The number of nitrogens with one attached hydrogen (secondary N) is 1. The fraction of sp³-hybridized carbons (Fsp3) is 0.115. The first kappa shape index (κ1) is 24.5. The van der Waals surface area contributed by atoms with E-state index in [1.54, 1.807) is 30.3 Å². The first-order chi connectivity index (χ1) is 16.8. The Morgan fingerprint density at radius 1 is 1.11 bits per heavy atom. The summed E-state index contributed by atoms with van der Waals surface area (Å²) in [6.07, 6.45) is 1.57. The van der Waals surface area contributed by atoms with E-state index in [0.29, 0.717) is 22.6 Å². The van der Waals surface area contributed by atoms with Crippen LogP contribution in [0.25, 0.3) is 6.08 Å². The average Bonchev–Trinajstić information content (AvgIpc) is 3.07. The maximum Gasteiger partial charge on any atom is 0.293 e. The minimum Gasteiger partial charge on any atom is -0.482 e. The molecule has 3 aromatic rings. The molecular weight excluding hydrogens is 491 g/mol. The van der Waals surface area contributed by atoms with Gasteiger partial charge in [0.2, 0.25) is 0 Å². The zero-order chi connectivity index (χ0) is 24.9. The lowest BCUT2D eigenvalue weighted by molar-refractivity contribution is -0.123. The minimum absolute atomic E-state index is 0.0560. The lowest BCUT2D eigenvalue weighted by atomic mass is 10.2. The molecule has 1 heterocycles. The predicted octanol–water partition coefficient (Wildman–Crippen LogP) is 6.04. The summed E-state index contributed by atoms with van der Waals surface area (Å²) < 4.78 is 18.6. The highest BCUT2D eigenvalue weighted by Crippen LogP contribution is 2.34. The van der Waals surface area contributed by atoms with Crippen LogP contribution in [0, 0.1) is 12.7 Å². The van der Waals surface area contributed by atoms with Crippen molar-refractivity contribution in [3.63, 3.8) is 0 Å². The predicted molar refractivity (Wildman–Crippen MR) is 135 cm³/mol. The van der Waals surface area contributed by atoms with Gasteiger partial charge in [-0.2, -0.15) is 0 Å². The number of rotatable bonds is 7. The monoisotopic (exact) mass is 510 g/mol. The Labute approximate surface area is 210 Å². The molecule has 0 spiro atoms. The molecular formula is C26H20ClFN2O4S. The van der Waals surface area contributed by atoms with Crippen LogP contribution in [0.2, 0.25) is 5.02 Å². The number of carbonyl (C=O) groups excluding carboxylic acids is 3. The van der Waals surface area contributed by atoms with Gasteiger partial charge in [-0.05, 0) is 77.9 Å². The standard InChI is InChI=1S/C26H20ClFN2O4S/c1-16-3-2-4-20(11-16)29-24(31)15-34-22-10-7-18(12-21(22)27)13-23-25(32)30(26(33)35-23)14-17-5-8-19(28)9-6-17/h2-13H,14-15H2,1H3,(H,29,31)/b23-13-. The van der Waals surface area contributed by atoms with Gasteiger partial charge in [0.25, 0.3) is 17.1 Å². The second-order valence-electron chi connectivity index (χ2n) is 7.79. The van der Waals surface area contributed by atoms with Crippen LogP contribution in [0.5, 0.6) is 5.75 Å². The van der Waals surface area contributed by atoms with Crippen molar-refractivity contribution in [3.8, 4) is 5.75 Å². The van der Waals surface area contributed by atoms with Gasteiger partial charge in [-0.15, -0.1) is 0 Å². The number of halogens is 2. The lowest BCUT2D eigenvalue weighted by Crippen LogP contribution is -2.27. The Bertz CT molecular complexity index is 1330. The average molecular weight is 511 g/mol. The quantitative estimate of drug-likeness (QED) is 0.392. The van der Waals surface area contributed by atoms with E-state index in [-0.39, 0.29) is 34.8 Å². The van der Waals surface area contributed by atoms with Crippen molar-refractivity contribution in [1.82, 2.24) is 4.90 Å². The van der Waals surface area contributed by atoms with Gasteiger partial charge >= 0.3 is 0 Å². The van der Waals surface area contributed by atoms with Gasteiger partial charge in [0.05, 0.1) is 16.5 Å². The molecule has 1 saturated heterocycles. The van der Waals surface area contributed by atoms with Gasteiger partial charge in [-0.25, -0.2) is 4.39 Å². The fourth-order valence-corrected chi connectivity index (χ4v) is 4.43. The zero-order valence-corrected chi connectivity index (χ0v) is 20.2. The molecule has 6 nitrogen and oxygen atoms in total. The molecule has 3 amide bonds. The number of benzene rings is 3. The number of anilines is 1. The van der Waals surface area contributed by atoms with E-state index in [4.69, 9.17) is 16.3 Å². The van der Waals surface area contributed by atoms with E-state index in [2.05, 4.69) is 5.32 Å². The molecule has 0 aliphatic carbocycles. The molecule has 0 saturated carbocycles. The first-order valence-electron chi connectivity index (χ1n) is 10.6. The molecule has 0 radical (unpaired) electrons. The Balaban J connectivity index is 1.38. The Morgan fingerprint density at radius 3 is 2.60 bits per heavy atom. The number of hydrogen-bond acceptors (Lipinski definition) is 5. The number of thioether (sulfide) groups is 1. The van der Waals surface area contributed by atoms with Crippen molar-refractivity contribution in [2.75, 3.05) is 11.9 Å². The third kappa shape index (κ3) is 6.29. The van der Waals surface area contributed by atoms with E-state index in [1.807, 2.05) is 25.1 Å². The summed E-state index contributed by atoms with van der Waals surface area (Å²) in [6.45, 7) is 1.76. The number of carbonyl (C=O) groups is 3. The number of ether oxygens (including phenoxy) is 1. The molecule has 1 aliphatic heterocycles. The molecule has 35 heavy (non-hydrogen) atoms. The van der Waals surface area contributed by atoms with Gasteiger partial charge < -0.3 is 10.1 Å². The van der Waals surface area contributed by atoms with Crippen LogP contribution in [-0.2, 0) is 16.1 Å². The number of amides is 3. The van der Waals surface area contributed by atoms with Gasteiger partial charge in [-0.1, -0.05) is 41.9 Å². The van der Waals surface area contributed by atoms with Crippen molar-refractivity contribution in [2.24, 2.45) is 0 Å².